The van der Waals surface area contributed by atoms with E-state index in [0.29, 0.717) is 0 Å². The van der Waals surface area contributed by atoms with Crippen LogP contribution in [0.15, 0.2) is 24.5 Å². The zero-order valence-corrected chi connectivity index (χ0v) is 17.8. The van der Waals surface area contributed by atoms with Gasteiger partial charge in [0.15, 0.2) is 0 Å². The molecule has 7 nitrogen and oxygen atoms in total. The molecule has 0 spiro atoms. The molecule has 0 aliphatic carbocycles. The number of aromatic nitrogens is 3. The lowest BCUT2D eigenvalue weighted by Crippen LogP contribution is -2.45. The molecule has 8 heteroatoms. The number of nitrogens with one attached hydrogen (secondary N) is 1. The fourth-order valence-corrected chi connectivity index (χ4v) is 4.57. The molecule has 28 heavy (non-hydrogen) atoms. The Morgan fingerprint density at radius 3 is 2.61 bits per heavy atom. The van der Waals surface area contributed by atoms with Crippen molar-refractivity contribution < 1.29 is 4.79 Å². The molecule has 2 aromatic rings. The summed E-state index contributed by atoms with van der Waals surface area (Å²) in [5, 5.41) is 13.6. The van der Waals surface area contributed by atoms with Crippen LogP contribution in [0.25, 0.3) is 5.13 Å². The van der Waals surface area contributed by atoms with Gasteiger partial charge < -0.3 is 15.1 Å². The maximum absolute atomic E-state index is 12.7. The molecule has 2 aromatic heterocycles. The monoisotopic (exact) mass is 404 g/mol. The number of carbonyl (C=O) groups is 1. The Labute approximate surface area is 171 Å². The van der Waals surface area contributed by atoms with Gasteiger partial charge in [0.1, 0.15) is 0 Å². The second-order valence-electron chi connectivity index (χ2n) is 7.38. The minimum Gasteiger partial charge on any atom is -0.355 e. The van der Waals surface area contributed by atoms with Gasteiger partial charge in [-0.05, 0) is 50.9 Å². The Balaban J connectivity index is 1.49. The summed E-state index contributed by atoms with van der Waals surface area (Å²) in [5.74, 6) is 0.200. The molecular formula is C20H32N6OS. The van der Waals surface area contributed by atoms with Crippen molar-refractivity contribution >= 4 is 22.4 Å². The summed E-state index contributed by atoms with van der Waals surface area (Å²) in [5.41, 5.74) is 0. The highest BCUT2D eigenvalue weighted by Crippen LogP contribution is 2.27. The minimum absolute atomic E-state index is 0.0264. The highest BCUT2D eigenvalue weighted by molar-refractivity contribution is 7.17. The first kappa shape index (κ1) is 20.8. The van der Waals surface area contributed by atoms with Crippen LogP contribution in [0.4, 0.5) is 5.13 Å². The maximum Gasteiger partial charge on any atom is 0.224 e. The molecule has 1 aliphatic heterocycles. The van der Waals surface area contributed by atoms with Crippen molar-refractivity contribution in [2.24, 2.45) is 5.92 Å². The number of amides is 1. The first-order chi connectivity index (χ1) is 13.7. The van der Waals surface area contributed by atoms with Gasteiger partial charge >= 0.3 is 0 Å². The summed E-state index contributed by atoms with van der Waals surface area (Å²) in [4.78, 5) is 17.3. The number of piperidine rings is 1. The normalized spacial score (nSPS) is 17.2. The topological polar surface area (TPSA) is 66.3 Å². The molecule has 1 atom stereocenters. The van der Waals surface area contributed by atoms with E-state index in [4.69, 9.17) is 0 Å². The van der Waals surface area contributed by atoms with Gasteiger partial charge in [-0.25, -0.2) is 0 Å². The first-order valence-electron chi connectivity index (χ1n) is 10.4. The first-order valence-corrected chi connectivity index (χ1v) is 11.2. The molecule has 1 fully saturated rings. The van der Waals surface area contributed by atoms with Gasteiger partial charge in [0.25, 0.3) is 0 Å². The van der Waals surface area contributed by atoms with Crippen molar-refractivity contribution in [1.82, 2.24) is 25.0 Å². The molecule has 0 unspecified atom stereocenters. The van der Waals surface area contributed by atoms with Gasteiger partial charge in [-0.15, -0.1) is 10.2 Å². The van der Waals surface area contributed by atoms with Crippen molar-refractivity contribution in [1.29, 1.82) is 0 Å². The van der Waals surface area contributed by atoms with Crippen LogP contribution < -0.4 is 10.2 Å². The lowest BCUT2D eigenvalue weighted by Gasteiger charge is -2.31. The Bertz CT molecular complexity index is 710. The lowest BCUT2D eigenvalue weighted by molar-refractivity contribution is -0.125. The Morgan fingerprint density at radius 1 is 1.18 bits per heavy atom. The van der Waals surface area contributed by atoms with Crippen LogP contribution in [0.5, 0.6) is 0 Å². The average molecular weight is 405 g/mol. The van der Waals surface area contributed by atoms with Crippen LogP contribution in [0.2, 0.25) is 0 Å². The van der Waals surface area contributed by atoms with E-state index < -0.39 is 0 Å². The van der Waals surface area contributed by atoms with Gasteiger partial charge in [0, 0.05) is 38.6 Å². The molecular weight excluding hydrogens is 372 g/mol. The number of nitrogens with zero attached hydrogens (tertiary/aromatic N) is 5. The van der Waals surface area contributed by atoms with Gasteiger partial charge in [-0.1, -0.05) is 25.2 Å². The Morgan fingerprint density at radius 2 is 1.89 bits per heavy atom. The van der Waals surface area contributed by atoms with Crippen LogP contribution in [0, 0.1) is 5.92 Å². The van der Waals surface area contributed by atoms with Crippen LogP contribution in [0.1, 0.15) is 39.5 Å². The van der Waals surface area contributed by atoms with Crippen molar-refractivity contribution in [2.45, 2.75) is 39.5 Å². The van der Waals surface area contributed by atoms with Crippen molar-refractivity contribution in [3.8, 4) is 5.13 Å². The summed E-state index contributed by atoms with van der Waals surface area (Å²) < 4.78 is 1.97. The summed E-state index contributed by atoms with van der Waals surface area (Å²) in [6.07, 6.45) is 8.19. The standard InChI is InChI=1S/C20H32N6OS/c1-3-10-24(11-4-2)15-9-21-18(27)17-8-7-14-26(16-17)20-23-22-19(28-20)25-12-5-6-13-25/h5-6,12-13,17H,3-4,7-11,14-16H2,1-2H3,(H,21,27)/t17-/m1/s1. The summed E-state index contributed by atoms with van der Waals surface area (Å²) in [6, 6.07) is 3.95. The van der Waals surface area contributed by atoms with Gasteiger partial charge in [0.05, 0.1) is 5.92 Å². The maximum atomic E-state index is 12.7. The fraction of sp³-hybridized carbons (Fsp3) is 0.650. The summed E-state index contributed by atoms with van der Waals surface area (Å²) in [7, 11) is 0. The van der Waals surface area contributed by atoms with E-state index in [1.54, 1.807) is 11.3 Å². The second-order valence-corrected chi connectivity index (χ2v) is 8.31. The van der Waals surface area contributed by atoms with Gasteiger partial charge in [0.2, 0.25) is 16.2 Å². The molecule has 1 N–H and O–H groups in total. The Kier molecular flexibility index (Phi) is 7.85. The van der Waals surface area contributed by atoms with Crippen LogP contribution >= 0.6 is 11.3 Å². The number of carbonyl (C=O) groups excluding carboxylic acids is 1. The van der Waals surface area contributed by atoms with E-state index in [9.17, 15) is 4.79 Å². The molecule has 154 valence electrons. The molecule has 3 rings (SSSR count). The molecule has 0 radical (unpaired) electrons. The predicted molar refractivity (Wildman–Crippen MR) is 114 cm³/mol. The minimum atomic E-state index is 0.0264. The molecule has 1 amide bonds. The number of rotatable bonds is 10. The fourth-order valence-electron chi connectivity index (χ4n) is 3.72. The van der Waals surface area contributed by atoms with E-state index in [0.717, 1.165) is 75.2 Å². The second kappa shape index (κ2) is 10.6. The number of hydrogen-bond acceptors (Lipinski definition) is 6. The van der Waals surface area contributed by atoms with Crippen LogP contribution in [0.3, 0.4) is 0 Å². The summed E-state index contributed by atoms with van der Waals surface area (Å²) in [6.45, 7) is 9.92. The molecule has 1 saturated heterocycles. The zero-order chi connectivity index (χ0) is 19.8. The molecule has 0 bridgehead atoms. The quantitative estimate of drug-likeness (QED) is 0.660. The highest BCUT2D eigenvalue weighted by atomic mass is 32.1. The summed E-state index contributed by atoms with van der Waals surface area (Å²) >= 11 is 1.57. The van der Waals surface area contributed by atoms with Crippen molar-refractivity contribution in [3.63, 3.8) is 0 Å². The van der Waals surface area contributed by atoms with E-state index in [1.165, 1.54) is 0 Å². The van der Waals surface area contributed by atoms with Gasteiger partial charge in [-0.3, -0.25) is 9.36 Å². The molecule has 0 saturated carbocycles. The molecule has 0 aromatic carbocycles. The van der Waals surface area contributed by atoms with Crippen LogP contribution in [-0.4, -0.2) is 64.8 Å². The smallest absolute Gasteiger partial charge is 0.224 e. The lowest BCUT2D eigenvalue weighted by atomic mass is 9.97. The van der Waals surface area contributed by atoms with E-state index >= 15 is 0 Å². The number of hydrogen-bond donors (Lipinski definition) is 1. The van der Waals surface area contributed by atoms with E-state index in [2.05, 4.69) is 39.2 Å². The van der Waals surface area contributed by atoms with Crippen molar-refractivity contribution in [2.75, 3.05) is 44.2 Å². The zero-order valence-electron chi connectivity index (χ0n) is 17.0. The largest absolute Gasteiger partial charge is 0.355 e. The van der Waals surface area contributed by atoms with E-state index in [-0.39, 0.29) is 11.8 Å². The third-order valence-corrected chi connectivity index (χ3v) is 6.10. The SMILES string of the molecule is CCCN(CCC)CCNC(=O)[C@@H]1CCCN(c2nnc(-n3cccc3)s2)C1. The third kappa shape index (κ3) is 5.54. The van der Waals surface area contributed by atoms with Gasteiger partial charge in [-0.2, -0.15) is 0 Å². The molecule has 1 aliphatic rings. The molecule has 3 heterocycles. The predicted octanol–water partition coefficient (Wildman–Crippen LogP) is 2.78. The van der Waals surface area contributed by atoms with Crippen LogP contribution in [-0.2, 0) is 4.79 Å². The third-order valence-electron chi connectivity index (χ3n) is 5.10. The highest BCUT2D eigenvalue weighted by Gasteiger charge is 2.27. The Hall–Kier alpha value is -1.93. The average Bonchev–Trinajstić information content (AvgIpc) is 3.40. The van der Waals surface area contributed by atoms with Crippen molar-refractivity contribution in [3.05, 3.63) is 24.5 Å². The van der Waals surface area contributed by atoms with E-state index in [1.807, 2.05) is 29.1 Å². The number of anilines is 1.